The lowest BCUT2D eigenvalue weighted by atomic mass is 10.1. The van der Waals surface area contributed by atoms with Gasteiger partial charge in [-0.1, -0.05) is 6.07 Å². The molecular weight excluding hydrogens is 386 g/mol. The molecule has 7 heteroatoms. The normalized spacial score (nSPS) is 16.5. The lowest BCUT2D eigenvalue weighted by Gasteiger charge is -2.14. The number of carbonyl (C=O) groups excluding carboxylic acids is 3. The minimum atomic E-state index is -0.958. The van der Waals surface area contributed by atoms with Crippen molar-refractivity contribution >= 4 is 23.3 Å². The van der Waals surface area contributed by atoms with Gasteiger partial charge in [0.15, 0.2) is 6.10 Å². The van der Waals surface area contributed by atoms with Gasteiger partial charge in [-0.2, -0.15) is 0 Å². The topological polar surface area (TPSA) is 90.9 Å². The van der Waals surface area contributed by atoms with Gasteiger partial charge in [0.25, 0.3) is 0 Å². The molecule has 1 aliphatic heterocycles. The van der Waals surface area contributed by atoms with Crippen LogP contribution in [0.1, 0.15) is 47.4 Å². The number of carbonyl (C=O) groups is 3. The lowest BCUT2D eigenvalue weighted by molar-refractivity contribution is -0.114. The van der Waals surface area contributed by atoms with Gasteiger partial charge in [0, 0.05) is 24.8 Å². The van der Waals surface area contributed by atoms with E-state index in [2.05, 4.69) is 5.32 Å². The number of amides is 1. The Morgan fingerprint density at radius 1 is 1.13 bits per heavy atom. The molecule has 0 spiro atoms. The van der Waals surface area contributed by atoms with Gasteiger partial charge in [0.1, 0.15) is 12.4 Å². The highest BCUT2D eigenvalue weighted by molar-refractivity contribution is 6.02. The van der Waals surface area contributed by atoms with Gasteiger partial charge in [-0.25, -0.2) is 4.79 Å². The number of benzene rings is 2. The molecule has 0 unspecified atom stereocenters. The molecule has 0 bridgehead atoms. The van der Waals surface area contributed by atoms with Gasteiger partial charge in [-0.3, -0.25) is 9.59 Å². The third-order valence-electron chi connectivity index (χ3n) is 4.67. The average molecular weight is 411 g/mol. The first-order valence-electron chi connectivity index (χ1n) is 9.89. The number of Topliss-reactive ketones (excluding diaryl/α,β-unsaturated/α-hetero) is 1. The first kappa shape index (κ1) is 21.5. The Bertz CT molecular complexity index is 902. The average Bonchev–Trinajstić information content (AvgIpc) is 3.26. The second-order valence-corrected chi connectivity index (χ2v) is 7.14. The molecule has 1 aliphatic rings. The summed E-state index contributed by atoms with van der Waals surface area (Å²) in [6, 6.07) is 13.1. The SMILES string of the molecule is CC(=O)Nc1ccc(C(=O)[C@@H](C)OC(=O)c2cccc(OC[C@@H]3CCCO3)c2)cc1. The lowest BCUT2D eigenvalue weighted by Crippen LogP contribution is -2.24. The van der Waals surface area contributed by atoms with Gasteiger partial charge in [0.2, 0.25) is 11.7 Å². The van der Waals surface area contributed by atoms with Crippen molar-refractivity contribution < 1.29 is 28.6 Å². The summed E-state index contributed by atoms with van der Waals surface area (Å²) < 4.78 is 16.6. The molecule has 7 nitrogen and oxygen atoms in total. The Hall–Kier alpha value is -3.19. The van der Waals surface area contributed by atoms with Crippen LogP contribution >= 0.6 is 0 Å². The predicted molar refractivity (Wildman–Crippen MR) is 111 cm³/mol. The maximum absolute atomic E-state index is 12.6. The van der Waals surface area contributed by atoms with Crippen LogP contribution in [0.5, 0.6) is 5.75 Å². The van der Waals surface area contributed by atoms with Crippen molar-refractivity contribution in [2.45, 2.75) is 38.9 Å². The Labute approximate surface area is 175 Å². The second kappa shape index (κ2) is 10.0. The molecule has 30 heavy (non-hydrogen) atoms. The van der Waals surface area contributed by atoms with Crippen molar-refractivity contribution in [3.63, 3.8) is 0 Å². The van der Waals surface area contributed by atoms with Crippen LogP contribution in [0.3, 0.4) is 0 Å². The fraction of sp³-hybridized carbons (Fsp3) is 0.348. The summed E-state index contributed by atoms with van der Waals surface area (Å²) in [6.45, 7) is 4.12. The summed E-state index contributed by atoms with van der Waals surface area (Å²) in [6.07, 6.45) is 1.12. The zero-order chi connectivity index (χ0) is 21.5. The fourth-order valence-electron chi connectivity index (χ4n) is 3.12. The predicted octanol–water partition coefficient (Wildman–Crippen LogP) is 3.63. The monoisotopic (exact) mass is 411 g/mol. The van der Waals surface area contributed by atoms with Gasteiger partial charge >= 0.3 is 5.97 Å². The van der Waals surface area contributed by atoms with Crippen LogP contribution in [0.2, 0.25) is 0 Å². The van der Waals surface area contributed by atoms with Crippen molar-refractivity contribution in [3.05, 3.63) is 59.7 Å². The molecule has 2 atom stereocenters. The van der Waals surface area contributed by atoms with E-state index in [0.717, 1.165) is 19.4 Å². The maximum atomic E-state index is 12.6. The van der Waals surface area contributed by atoms with E-state index >= 15 is 0 Å². The molecule has 0 radical (unpaired) electrons. The Morgan fingerprint density at radius 2 is 1.90 bits per heavy atom. The van der Waals surface area contributed by atoms with Gasteiger partial charge < -0.3 is 19.5 Å². The standard InChI is InChI=1S/C23H25NO6/c1-15(22(26)17-8-10-19(11-9-17)24-16(2)25)30-23(27)18-5-3-6-20(13-18)29-14-21-7-4-12-28-21/h3,5-6,8-11,13,15,21H,4,7,12,14H2,1-2H3,(H,24,25)/t15-,21+/m1/s1. The number of esters is 1. The fourth-order valence-corrected chi connectivity index (χ4v) is 3.12. The summed E-state index contributed by atoms with van der Waals surface area (Å²) in [7, 11) is 0. The third-order valence-corrected chi connectivity index (χ3v) is 4.67. The zero-order valence-electron chi connectivity index (χ0n) is 17.1. The Kier molecular flexibility index (Phi) is 7.19. The van der Waals surface area contributed by atoms with Gasteiger partial charge in [0.05, 0.1) is 11.7 Å². The number of hydrogen-bond donors (Lipinski definition) is 1. The number of rotatable bonds is 8. The quantitative estimate of drug-likeness (QED) is 0.527. The maximum Gasteiger partial charge on any atom is 0.338 e. The Balaban J connectivity index is 1.57. The highest BCUT2D eigenvalue weighted by Gasteiger charge is 2.21. The molecule has 2 aromatic rings. The van der Waals surface area contributed by atoms with Crippen LogP contribution in [-0.4, -0.2) is 43.1 Å². The van der Waals surface area contributed by atoms with E-state index in [1.807, 2.05) is 0 Å². The highest BCUT2D eigenvalue weighted by atomic mass is 16.5. The number of hydrogen-bond acceptors (Lipinski definition) is 6. The van der Waals surface area contributed by atoms with Crippen molar-refractivity contribution in [1.29, 1.82) is 0 Å². The first-order valence-corrected chi connectivity index (χ1v) is 9.89. The van der Waals surface area contributed by atoms with E-state index in [1.54, 1.807) is 48.5 Å². The number of anilines is 1. The van der Waals surface area contributed by atoms with Crippen LogP contribution in [-0.2, 0) is 14.3 Å². The summed E-state index contributed by atoms with van der Waals surface area (Å²) in [5.41, 5.74) is 1.28. The molecule has 2 aromatic carbocycles. The zero-order valence-corrected chi connectivity index (χ0v) is 17.1. The molecule has 1 amide bonds. The van der Waals surface area contributed by atoms with Crippen molar-refractivity contribution in [3.8, 4) is 5.75 Å². The van der Waals surface area contributed by atoms with Crippen molar-refractivity contribution in [2.75, 3.05) is 18.5 Å². The van der Waals surface area contributed by atoms with Gasteiger partial charge in [-0.15, -0.1) is 0 Å². The van der Waals surface area contributed by atoms with E-state index < -0.39 is 12.1 Å². The first-order chi connectivity index (χ1) is 14.4. The van der Waals surface area contributed by atoms with Gasteiger partial charge in [-0.05, 0) is 62.2 Å². The summed E-state index contributed by atoms with van der Waals surface area (Å²) in [5, 5.41) is 2.63. The van der Waals surface area contributed by atoms with Crippen LogP contribution in [0, 0.1) is 0 Å². The Morgan fingerprint density at radius 3 is 2.57 bits per heavy atom. The number of nitrogens with one attached hydrogen (secondary N) is 1. The minimum Gasteiger partial charge on any atom is -0.491 e. The molecule has 3 rings (SSSR count). The molecule has 1 fully saturated rings. The molecule has 1 N–H and O–H groups in total. The van der Waals surface area contributed by atoms with Crippen molar-refractivity contribution in [2.24, 2.45) is 0 Å². The van der Waals surface area contributed by atoms with E-state index in [4.69, 9.17) is 14.2 Å². The van der Waals surface area contributed by atoms with E-state index in [1.165, 1.54) is 13.8 Å². The second-order valence-electron chi connectivity index (χ2n) is 7.14. The molecular formula is C23H25NO6. The smallest absolute Gasteiger partial charge is 0.338 e. The molecule has 158 valence electrons. The molecule has 0 aromatic heterocycles. The molecule has 0 aliphatic carbocycles. The molecule has 0 saturated carbocycles. The summed E-state index contributed by atoms with van der Waals surface area (Å²) >= 11 is 0. The number of ketones is 1. The summed E-state index contributed by atoms with van der Waals surface area (Å²) in [4.78, 5) is 36.1. The highest BCUT2D eigenvalue weighted by Crippen LogP contribution is 2.19. The van der Waals surface area contributed by atoms with Crippen LogP contribution in [0.4, 0.5) is 5.69 Å². The van der Waals surface area contributed by atoms with Crippen LogP contribution < -0.4 is 10.1 Å². The van der Waals surface area contributed by atoms with Crippen molar-refractivity contribution in [1.82, 2.24) is 0 Å². The number of ether oxygens (including phenoxy) is 3. The molecule has 1 heterocycles. The van der Waals surface area contributed by atoms with E-state index in [0.29, 0.717) is 29.2 Å². The summed E-state index contributed by atoms with van der Waals surface area (Å²) in [5.74, 6) is -0.581. The van der Waals surface area contributed by atoms with E-state index in [-0.39, 0.29) is 17.8 Å². The van der Waals surface area contributed by atoms with Crippen LogP contribution in [0.15, 0.2) is 48.5 Å². The molecule has 1 saturated heterocycles. The third kappa shape index (κ3) is 5.90. The van der Waals surface area contributed by atoms with Crippen LogP contribution in [0.25, 0.3) is 0 Å². The minimum absolute atomic E-state index is 0.0790. The largest absolute Gasteiger partial charge is 0.491 e. The van der Waals surface area contributed by atoms with E-state index in [9.17, 15) is 14.4 Å².